The highest BCUT2D eigenvalue weighted by Gasteiger charge is 2.20. The molecule has 3 aromatic rings. The topological polar surface area (TPSA) is 64.4 Å². The van der Waals surface area contributed by atoms with Crippen LogP contribution in [0, 0.1) is 5.82 Å². The number of carbonyl (C=O) groups is 1. The molecule has 1 aromatic heterocycles. The van der Waals surface area contributed by atoms with E-state index in [1.54, 1.807) is 42.5 Å². The minimum absolute atomic E-state index is 0.0653. The van der Waals surface area contributed by atoms with Gasteiger partial charge in [-0.15, -0.1) is 0 Å². The van der Waals surface area contributed by atoms with Crippen molar-refractivity contribution in [3.8, 4) is 22.8 Å². The number of aromatic nitrogens is 1. The first-order chi connectivity index (χ1) is 13.2. The lowest BCUT2D eigenvalue weighted by Crippen LogP contribution is -2.32. The molecule has 0 saturated carbocycles. The molecule has 0 aliphatic carbocycles. The van der Waals surface area contributed by atoms with E-state index in [1.165, 1.54) is 12.3 Å². The Balaban J connectivity index is 1.58. The lowest BCUT2D eigenvalue weighted by molar-refractivity contribution is 0.0858. The third-order valence-electron chi connectivity index (χ3n) is 4.56. The zero-order valence-electron chi connectivity index (χ0n) is 14.7. The van der Waals surface area contributed by atoms with Crippen molar-refractivity contribution in [1.29, 1.82) is 0 Å². The quantitative estimate of drug-likeness (QED) is 0.740. The van der Waals surface area contributed by atoms with E-state index in [1.807, 2.05) is 0 Å². The third kappa shape index (κ3) is 3.75. The Morgan fingerprint density at radius 1 is 1.15 bits per heavy atom. The van der Waals surface area contributed by atoms with Crippen LogP contribution >= 0.6 is 0 Å². The Morgan fingerprint density at radius 2 is 1.93 bits per heavy atom. The molecule has 2 aromatic carbocycles. The van der Waals surface area contributed by atoms with Crippen LogP contribution in [0.1, 0.15) is 23.2 Å². The number of nitrogens with one attached hydrogen (secondary N) is 1. The summed E-state index contributed by atoms with van der Waals surface area (Å²) < 4.78 is 25.3. The zero-order valence-corrected chi connectivity index (χ0v) is 14.7. The number of halogens is 1. The number of benzene rings is 2. The summed E-state index contributed by atoms with van der Waals surface area (Å²) in [6, 6.07) is 13.4. The third-order valence-corrected chi connectivity index (χ3v) is 4.56. The van der Waals surface area contributed by atoms with E-state index in [0.717, 1.165) is 19.4 Å². The summed E-state index contributed by atoms with van der Waals surface area (Å²) in [4.78, 5) is 16.9. The fourth-order valence-corrected chi connectivity index (χ4v) is 3.16. The number of rotatable bonds is 5. The minimum atomic E-state index is -0.386. The number of ether oxygens (including phenoxy) is 1. The van der Waals surface area contributed by atoms with Crippen LogP contribution in [0.3, 0.4) is 0 Å². The molecule has 0 spiro atoms. The van der Waals surface area contributed by atoms with Crippen LogP contribution in [0.5, 0.6) is 0 Å². The fourth-order valence-electron chi connectivity index (χ4n) is 3.16. The number of oxazole rings is 1. The van der Waals surface area contributed by atoms with Crippen molar-refractivity contribution in [2.75, 3.05) is 13.2 Å². The molecule has 4 rings (SSSR count). The van der Waals surface area contributed by atoms with Crippen molar-refractivity contribution in [1.82, 2.24) is 10.3 Å². The molecule has 138 valence electrons. The molecule has 1 atom stereocenters. The van der Waals surface area contributed by atoms with Gasteiger partial charge >= 0.3 is 0 Å². The van der Waals surface area contributed by atoms with Crippen molar-refractivity contribution in [2.24, 2.45) is 0 Å². The molecule has 1 fully saturated rings. The molecule has 1 N–H and O–H groups in total. The average molecular weight is 366 g/mol. The average Bonchev–Trinajstić information content (AvgIpc) is 3.38. The van der Waals surface area contributed by atoms with Gasteiger partial charge in [0.05, 0.1) is 23.4 Å². The first kappa shape index (κ1) is 17.4. The van der Waals surface area contributed by atoms with E-state index in [-0.39, 0.29) is 23.7 Å². The van der Waals surface area contributed by atoms with E-state index in [9.17, 15) is 9.18 Å². The Hall–Kier alpha value is -2.99. The highest BCUT2D eigenvalue weighted by molar-refractivity contribution is 6.00. The largest absolute Gasteiger partial charge is 0.436 e. The molecule has 6 heteroatoms. The maximum atomic E-state index is 14.0. The van der Waals surface area contributed by atoms with Crippen molar-refractivity contribution in [2.45, 2.75) is 18.9 Å². The summed E-state index contributed by atoms with van der Waals surface area (Å²) in [5.74, 6) is -0.0108. The lowest BCUT2D eigenvalue weighted by atomic mass is 10.1. The molecule has 1 aliphatic heterocycles. The first-order valence-electron chi connectivity index (χ1n) is 8.92. The summed E-state index contributed by atoms with van der Waals surface area (Å²) in [6.45, 7) is 1.21. The van der Waals surface area contributed by atoms with Crippen molar-refractivity contribution >= 4 is 5.91 Å². The number of hydrogen-bond donors (Lipinski definition) is 1. The monoisotopic (exact) mass is 366 g/mol. The van der Waals surface area contributed by atoms with E-state index >= 15 is 0 Å². The number of carbonyl (C=O) groups excluding carboxylic acids is 1. The van der Waals surface area contributed by atoms with Crippen LogP contribution in [0.15, 0.2) is 59.1 Å². The molecule has 0 bridgehead atoms. The smallest absolute Gasteiger partial charge is 0.252 e. The maximum absolute atomic E-state index is 14.0. The Labute approximate surface area is 156 Å². The second kappa shape index (κ2) is 7.72. The van der Waals surface area contributed by atoms with Gasteiger partial charge in [-0.3, -0.25) is 4.79 Å². The highest BCUT2D eigenvalue weighted by Crippen LogP contribution is 2.29. The van der Waals surface area contributed by atoms with Gasteiger partial charge in [0.2, 0.25) is 5.89 Å². The van der Waals surface area contributed by atoms with Crippen LogP contribution in [-0.4, -0.2) is 30.1 Å². The summed E-state index contributed by atoms with van der Waals surface area (Å²) in [7, 11) is 0. The van der Waals surface area contributed by atoms with E-state index in [2.05, 4.69) is 10.3 Å². The fraction of sp³-hybridized carbons (Fsp3) is 0.238. The van der Waals surface area contributed by atoms with Gasteiger partial charge < -0.3 is 14.5 Å². The molecule has 0 unspecified atom stereocenters. The van der Waals surface area contributed by atoms with Crippen LogP contribution < -0.4 is 5.32 Å². The number of hydrogen-bond acceptors (Lipinski definition) is 4. The molecule has 0 radical (unpaired) electrons. The maximum Gasteiger partial charge on any atom is 0.252 e. The van der Waals surface area contributed by atoms with Crippen molar-refractivity contribution in [3.05, 3.63) is 66.1 Å². The molecular formula is C21H19FN2O3. The molecule has 2 heterocycles. The Kier molecular flexibility index (Phi) is 4.98. The number of nitrogens with zero attached hydrogens (tertiary/aromatic N) is 1. The summed E-state index contributed by atoms with van der Waals surface area (Å²) in [5.41, 5.74) is 1.35. The van der Waals surface area contributed by atoms with Gasteiger partial charge in [-0.2, -0.15) is 0 Å². The number of amides is 1. The lowest BCUT2D eigenvalue weighted by Gasteiger charge is -2.12. The first-order valence-corrected chi connectivity index (χ1v) is 8.92. The SMILES string of the molecule is O=C(NC[C@H]1CCCO1)c1ccccc1-c1ncc(-c2ccccc2F)o1. The summed E-state index contributed by atoms with van der Waals surface area (Å²) >= 11 is 0. The van der Waals surface area contributed by atoms with Gasteiger partial charge in [-0.05, 0) is 37.1 Å². The van der Waals surface area contributed by atoms with Crippen molar-refractivity contribution < 1.29 is 18.3 Å². The van der Waals surface area contributed by atoms with Crippen LogP contribution in [0.4, 0.5) is 4.39 Å². The zero-order chi connectivity index (χ0) is 18.6. The van der Waals surface area contributed by atoms with Gasteiger partial charge in [0.15, 0.2) is 5.76 Å². The van der Waals surface area contributed by atoms with Gasteiger partial charge in [0.25, 0.3) is 5.91 Å². The molecule has 1 amide bonds. The van der Waals surface area contributed by atoms with Crippen molar-refractivity contribution in [3.63, 3.8) is 0 Å². The molecule has 27 heavy (non-hydrogen) atoms. The summed E-state index contributed by atoms with van der Waals surface area (Å²) in [6.07, 6.45) is 3.50. The minimum Gasteiger partial charge on any atom is -0.436 e. The molecule has 1 saturated heterocycles. The second-order valence-electron chi connectivity index (χ2n) is 6.40. The summed E-state index contributed by atoms with van der Waals surface area (Å²) in [5, 5.41) is 2.91. The highest BCUT2D eigenvalue weighted by atomic mass is 19.1. The van der Waals surface area contributed by atoms with Gasteiger partial charge in [-0.25, -0.2) is 9.37 Å². The normalized spacial score (nSPS) is 16.4. The van der Waals surface area contributed by atoms with E-state index in [0.29, 0.717) is 29.0 Å². The standard InChI is InChI=1S/C21H19FN2O3/c22-18-10-4-3-9-17(18)19-13-24-21(27-19)16-8-2-1-7-15(16)20(25)23-12-14-6-5-11-26-14/h1-4,7-10,13-14H,5-6,11-12H2,(H,23,25)/t14-/m1/s1. The Bertz CT molecular complexity index is 948. The van der Waals surface area contributed by atoms with Gasteiger partial charge in [0.1, 0.15) is 5.82 Å². The van der Waals surface area contributed by atoms with E-state index in [4.69, 9.17) is 9.15 Å². The van der Waals surface area contributed by atoms with Crippen LogP contribution in [0.2, 0.25) is 0 Å². The second-order valence-corrected chi connectivity index (χ2v) is 6.40. The molecular weight excluding hydrogens is 347 g/mol. The predicted molar refractivity (Wildman–Crippen MR) is 98.6 cm³/mol. The molecule has 5 nitrogen and oxygen atoms in total. The van der Waals surface area contributed by atoms with E-state index < -0.39 is 0 Å². The van der Waals surface area contributed by atoms with Crippen LogP contribution in [-0.2, 0) is 4.74 Å². The predicted octanol–water partition coefficient (Wildman–Crippen LogP) is 4.06. The Morgan fingerprint density at radius 3 is 2.70 bits per heavy atom. The van der Waals surface area contributed by atoms with Gasteiger partial charge in [-0.1, -0.05) is 24.3 Å². The van der Waals surface area contributed by atoms with Crippen LogP contribution in [0.25, 0.3) is 22.8 Å². The van der Waals surface area contributed by atoms with Gasteiger partial charge in [0, 0.05) is 18.7 Å². The molecule has 1 aliphatic rings.